The molecule has 1 aliphatic heterocycles. The Morgan fingerprint density at radius 3 is 2.65 bits per heavy atom. The molecule has 1 aromatic rings. The third-order valence-corrected chi connectivity index (χ3v) is 4.29. The lowest BCUT2D eigenvalue weighted by atomic mass is 10.2. The number of carboxylic acid groups (broad SMARTS) is 1. The summed E-state index contributed by atoms with van der Waals surface area (Å²) in [5.74, 6) is -0.803. The van der Waals surface area contributed by atoms with Crippen molar-refractivity contribution in [2.45, 2.75) is 13.5 Å². The number of carbonyl (C=O) groups excluding carboxylic acids is 1. The van der Waals surface area contributed by atoms with Crippen molar-refractivity contribution in [3.05, 3.63) is 28.0 Å². The van der Waals surface area contributed by atoms with Crippen LogP contribution in [0.1, 0.15) is 17.4 Å². The first-order chi connectivity index (χ1) is 9.56. The molecule has 0 bridgehead atoms. The molecule has 1 amide bonds. The van der Waals surface area contributed by atoms with Gasteiger partial charge in [0.05, 0.1) is 0 Å². The first kappa shape index (κ1) is 14.7. The Morgan fingerprint density at radius 2 is 2.05 bits per heavy atom. The van der Waals surface area contributed by atoms with Crippen LogP contribution in [0.2, 0.25) is 0 Å². The van der Waals surface area contributed by atoms with E-state index >= 15 is 0 Å². The topological polar surface area (TPSA) is 60.9 Å². The highest BCUT2D eigenvalue weighted by atomic mass is 32.1. The van der Waals surface area contributed by atoms with Crippen LogP contribution in [0, 0.1) is 0 Å². The summed E-state index contributed by atoms with van der Waals surface area (Å²) in [5, 5.41) is 10.6. The van der Waals surface area contributed by atoms with Gasteiger partial charge in [0, 0.05) is 50.6 Å². The first-order valence-electron chi connectivity index (χ1n) is 6.51. The van der Waals surface area contributed by atoms with Crippen molar-refractivity contribution in [2.24, 2.45) is 0 Å². The molecule has 20 heavy (non-hydrogen) atoms. The van der Waals surface area contributed by atoms with Gasteiger partial charge in [-0.1, -0.05) is 0 Å². The Morgan fingerprint density at radius 1 is 1.35 bits per heavy atom. The second-order valence-corrected chi connectivity index (χ2v) is 5.75. The fourth-order valence-corrected chi connectivity index (χ4v) is 3.12. The lowest BCUT2D eigenvalue weighted by Gasteiger charge is -2.34. The van der Waals surface area contributed by atoms with Gasteiger partial charge in [-0.25, -0.2) is 4.79 Å². The molecular formula is C14H18N2O3S. The summed E-state index contributed by atoms with van der Waals surface area (Å²) in [5.41, 5.74) is 0.964. The van der Waals surface area contributed by atoms with E-state index in [4.69, 9.17) is 5.11 Å². The highest BCUT2D eigenvalue weighted by Crippen LogP contribution is 2.21. The van der Waals surface area contributed by atoms with Gasteiger partial charge in [-0.2, -0.15) is 0 Å². The quantitative estimate of drug-likeness (QED) is 0.855. The van der Waals surface area contributed by atoms with Crippen LogP contribution in [0.3, 0.4) is 0 Å². The van der Waals surface area contributed by atoms with Crippen molar-refractivity contribution in [3.8, 4) is 0 Å². The van der Waals surface area contributed by atoms with Gasteiger partial charge in [-0.15, -0.1) is 11.3 Å². The molecule has 1 aromatic heterocycles. The summed E-state index contributed by atoms with van der Waals surface area (Å²) < 4.78 is 0. The smallest absolute Gasteiger partial charge is 0.328 e. The molecule has 108 valence electrons. The van der Waals surface area contributed by atoms with Crippen LogP contribution in [-0.2, 0) is 16.1 Å². The first-order valence-corrected chi connectivity index (χ1v) is 7.39. The van der Waals surface area contributed by atoms with Gasteiger partial charge in [0.15, 0.2) is 0 Å². The molecular weight excluding hydrogens is 276 g/mol. The third kappa shape index (κ3) is 3.91. The SMILES string of the molecule is CC(=O)N1CCN(Cc2sccc2C=CC(=O)O)CC1. The van der Waals surface area contributed by atoms with Crippen LogP contribution in [0.15, 0.2) is 17.5 Å². The van der Waals surface area contributed by atoms with E-state index in [9.17, 15) is 9.59 Å². The van der Waals surface area contributed by atoms with E-state index in [2.05, 4.69) is 4.90 Å². The fraction of sp³-hybridized carbons (Fsp3) is 0.429. The molecule has 0 spiro atoms. The monoisotopic (exact) mass is 294 g/mol. The Labute approximate surface area is 122 Å². The van der Waals surface area contributed by atoms with Crippen molar-refractivity contribution in [1.29, 1.82) is 0 Å². The number of carboxylic acids is 1. The lowest BCUT2D eigenvalue weighted by molar-refractivity contribution is -0.131. The second kappa shape index (κ2) is 6.67. The number of rotatable bonds is 4. The van der Waals surface area contributed by atoms with Crippen LogP contribution in [0.25, 0.3) is 6.08 Å². The summed E-state index contributed by atoms with van der Waals surface area (Å²) in [6.07, 6.45) is 2.80. The molecule has 2 rings (SSSR count). The van der Waals surface area contributed by atoms with Crippen LogP contribution in [0.4, 0.5) is 0 Å². The van der Waals surface area contributed by atoms with Crippen molar-refractivity contribution >= 4 is 29.3 Å². The minimum Gasteiger partial charge on any atom is -0.478 e. The van der Waals surface area contributed by atoms with Gasteiger partial charge < -0.3 is 10.0 Å². The average Bonchev–Trinajstić information content (AvgIpc) is 2.84. The zero-order chi connectivity index (χ0) is 14.5. The maximum atomic E-state index is 11.3. The highest BCUT2D eigenvalue weighted by molar-refractivity contribution is 7.10. The molecule has 1 saturated heterocycles. The molecule has 0 radical (unpaired) electrons. The van der Waals surface area contributed by atoms with Gasteiger partial charge >= 0.3 is 5.97 Å². The molecule has 1 N–H and O–H groups in total. The largest absolute Gasteiger partial charge is 0.478 e. The number of aliphatic carboxylic acids is 1. The maximum Gasteiger partial charge on any atom is 0.328 e. The summed E-state index contributed by atoms with van der Waals surface area (Å²) in [6.45, 7) is 5.66. The molecule has 0 unspecified atom stereocenters. The molecule has 0 atom stereocenters. The predicted octanol–water partition coefficient (Wildman–Crippen LogP) is 1.51. The minimum atomic E-state index is -0.933. The van der Waals surface area contributed by atoms with Crippen LogP contribution >= 0.6 is 11.3 Å². The van der Waals surface area contributed by atoms with Crippen LogP contribution < -0.4 is 0 Å². The van der Waals surface area contributed by atoms with E-state index in [-0.39, 0.29) is 5.91 Å². The van der Waals surface area contributed by atoms with Crippen LogP contribution in [0.5, 0.6) is 0 Å². The number of amides is 1. The summed E-state index contributed by atoms with van der Waals surface area (Å²) >= 11 is 1.64. The zero-order valence-corrected chi connectivity index (χ0v) is 12.2. The molecule has 0 aliphatic carbocycles. The van der Waals surface area contributed by atoms with Gasteiger partial charge in [-0.3, -0.25) is 9.69 Å². The molecule has 2 heterocycles. The number of carbonyl (C=O) groups is 2. The third-order valence-electron chi connectivity index (χ3n) is 3.37. The summed E-state index contributed by atoms with van der Waals surface area (Å²) in [6, 6.07) is 1.94. The molecule has 0 aromatic carbocycles. The van der Waals surface area contributed by atoms with Gasteiger partial charge in [0.2, 0.25) is 5.91 Å². The number of hydrogen-bond acceptors (Lipinski definition) is 4. The van der Waals surface area contributed by atoms with Gasteiger partial charge in [0.1, 0.15) is 0 Å². The summed E-state index contributed by atoms with van der Waals surface area (Å²) in [4.78, 5) is 27.2. The predicted molar refractivity (Wildman–Crippen MR) is 78.5 cm³/mol. The van der Waals surface area contributed by atoms with Gasteiger partial charge in [0.25, 0.3) is 0 Å². The van der Waals surface area contributed by atoms with Crippen molar-refractivity contribution < 1.29 is 14.7 Å². The van der Waals surface area contributed by atoms with Crippen molar-refractivity contribution in [3.63, 3.8) is 0 Å². The highest BCUT2D eigenvalue weighted by Gasteiger charge is 2.19. The number of thiophene rings is 1. The Kier molecular flexibility index (Phi) is 4.92. The fourth-order valence-electron chi connectivity index (χ4n) is 2.21. The Bertz CT molecular complexity index is 516. The molecule has 1 fully saturated rings. The Balaban J connectivity index is 1.93. The number of piperazine rings is 1. The van der Waals surface area contributed by atoms with Crippen LogP contribution in [-0.4, -0.2) is 53.0 Å². The van der Waals surface area contributed by atoms with Crippen molar-refractivity contribution in [2.75, 3.05) is 26.2 Å². The van der Waals surface area contributed by atoms with Crippen molar-refractivity contribution in [1.82, 2.24) is 9.80 Å². The van der Waals surface area contributed by atoms with E-state index in [1.807, 2.05) is 16.3 Å². The minimum absolute atomic E-state index is 0.130. The maximum absolute atomic E-state index is 11.3. The van der Waals surface area contributed by atoms with E-state index in [0.717, 1.165) is 38.3 Å². The standard InChI is InChI=1S/C14H18N2O3S/c1-11(17)16-7-5-15(6-8-16)10-13-12(4-9-20-13)2-3-14(18)19/h2-4,9H,5-8,10H2,1H3,(H,18,19). The van der Waals surface area contributed by atoms with E-state index in [1.54, 1.807) is 24.3 Å². The summed E-state index contributed by atoms with van der Waals surface area (Å²) in [7, 11) is 0. The average molecular weight is 294 g/mol. The molecule has 5 nitrogen and oxygen atoms in total. The molecule has 6 heteroatoms. The molecule has 1 aliphatic rings. The Hall–Kier alpha value is -1.66. The normalized spacial score (nSPS) is 16.8. The van der Waals surface area contributed by atoms with Gasteiger partial charge in [-0.05, 0) is 23.1 Å². The van der Waals surface area contributed by atoms with E-state index in [0.29, 0.717) is 0 Å². The lowest BCUT2D eigenvalue weighted by Crippen LogP contribution is -2.47. The van der Waals surface area contributed by atoms with E-state index < -0.39 is 5.97 Å². The van der Waals surface area contributed by atoms with E-state index in [1.165, 1.54) is 11.0 Å². The molecule has 0 saturated carbocycles. The number of nitrogens with zero attached hydrogens (tertiary/aromatic N) is 2. The zero-order valence-electron chi connectivity index (χ0n) is 11.4. The number of hydrogen-bond donors (Lipinski definition) is 1. The second-order valence-electron chi connectivity index (χ2n) is 4.75.